The highest BCUT2D eigenvalue weighted by atomic mass is 79.9. The first-order chi connectivity index (χ1) is 8.54. The number of rotatable bonds is 7. The standard InChI is InChI=1S/C16H26BrN/c1-5-13(4)15(11-18-12(2)3)10-14-8-6-7-9-16(14)17/h6-9,12-13,15,18H,5,10-11H2,1-4H3. The first-order valence-corrected chi connectivity index (χ1v) is 7.80. The van der Waals surface area contributed by atoms with Crippen LogP contribution in [0.2, 0.25) is 0 Å². The van der Waals surface area contributed by atoms with Crippen molar-refractivity contribution in [3.63, 3.8) is 0 Å². The topological polar surface area (TPSA) is 12.0 Å². The van der Waals surface area contributed by atoms with E-state index in [0.29, 0.717) is 12.0 Å². The summed E-state index contributed by atoms with van der Waals surface area (Å²) in [4.78, 5) is 0. The molecule has 0 aliphatic rings. The minimum absolute atomic E-state index is 0.566. The zero-order valence-corrected chi connectivity index (χ0v) is 13.6. The van der Waals surface area contributed by atoms with E-state index < -0.39 is 0 Å². The number of hydrogen-bond acceptors (Lipinski definition) is 1. The van der Waals surface area contributed by atoms with E-state index in [1.165, 1.54) is 16.5 Å². The Kier molecular flexibility index (Phi) is 6.95. The van der Waals surface area contributed by atoms with Crippen molar-refractivity contribution in [2.75, 3.05) is 6.54 Å². The maximum atomic E-state index is 3.66. The highest BCUT2D eigenvalue weighted by Crippen LogP contribution is 2.24. The summed E-state index contributed by atoms with van der Waals surface area (Å²) in [5.41, 5.74) is 1.42. The van der Waals surface area contributed by atoms with E-state index in [1.54, 1.807) is 0 Å². The second kappa shape index (κ2) is 7.96. The maximum Gasteiger partial charge on any atom is 0.0207 e. The molecule has 1 rings (SSSR count). The van der Waals surface area contributed by atoms with Gasteiger partial charge >= 0.3 is 0 Å². The zero-order chi connectivity index (χ0) is 13.5. The smallest absolute Gasteiger partial charge is 0.0207 e. The number of nitrogens with one attached hydrogen (secondary N) is 1. The van der Waals surface area contributed by atoms with Gasteiger partial charge in [-0.25, -0.2) is 0 Å². The van der Waals surface area contributed by atoms with Gasteiger partial charge in [0.15, 0.2) is 0 Å². The Labute approximate surface area is 120 Å². The lowest BCUT2D eigenvalue weighted by Gasteiger charge is -2.25. The van der Waals surface area contributed by atoms with Crippen LogP contribution < -0.4 is 5.32 Å². The van der Waals surface area contributed by atoms with Gasteiger partial charge in [-0.1, -0.05) is 68.2 Å². The van der Waals surface area contributed by atoms with Crippen LogP contribution in [0.1, 0.15) is 39.7 Å². The Bertz CT molecular complexity index is 349. The number of hydrogen-bond donors (Lipinski definition) is 1. The molecule has 0 fully saturated rings. The van der Waals surface area contributed by atoms with E-state index in [1.807, 2.05) is 0 Å². The monoisotopic (exact) mass is 311 g/mol. The van der Waals surface area contributed by atoms with Gasteiger partial charge in [0.2, 0.25) is 0 Å². The summed E-state index contributed by atoms with van der Waals surface area (Å²) in [6, 6.07) is 9.14. The largest absolute Gasteiger partial charge is 0.314 e. The number of benzene rings is 1. The predicted molar refractivity (Wildman–Crippen MR) is 83.9 cm³/mol. The molecule has 1 nitrogen and oxygen atoms in total. The van der Waals surface area contributed by atoms with Gasteiger partial charge in [0.1, 0.15) is 0 Å². The van der Waals surface area contributed by atoms with Crippen LogP contribution in [0.15, 0.2) is 28.7 Å². The first kappa shape index (κ1) is 15.7. The van der Waals surface area contributed by atoms with Gasteiger partial charge < -0.3 is 5.32 Å². The van der Waals surface area contributed by atoms with Crippen LogP contribution in [-0.4, -0.2) is 12.6 Å². The van der Waals surface area contributed by atoms with E-state index in [0.717, 1.165) is 18.9 Å². The lowest BCUT2D eigenvalue weighted by molar-refractivity contribution is 0.320. The molecule has 0 spiro atoms. The van der Waals surface area contributed by atoms with Gasteiger partial charge in [-0.15, -0.1) is 0 Å². The molecule has 2 unspecified atom stereocenters. The van der Waals surface area contributed by atoms with Crippen LogP contribution in [0.25, 0.3) is 0 Å². The summed E-state index contributed by atoms with van der Waals surface area (Å²) in [5.74, 6) is 1.46. The molecule has 2 atom stereocenters. The van der Waals surface area contributed by atoms with Crippen molar-refractivity contribution in [3.05, 3.63) is 34.3 Å². The molecule has 1 N–H and O–H groups in total. The summed E-state index contributed by atoms with van der Waals surface area (Å²) in [6.07, 6.45) is 2.39. The van der Waals surface area contributed by atoms with Crippen molar-refractivity contribution in [3.8, 4) is 0 Å². The molecule has 0 radical (unpaired) electrons. The van der Waals surface area contributed by atoms with Crippen molar-refractivity contribution in [1.82, 2.24) is 5.32 Å². The molecule has 0 aromatic heterocycles. The Morgan fingerprint density at radius 3 is 2.39 bits per heavy atom. The summed E-state index contributed by atoms with van der Waals surface area (Å²) in [5, 5.41) is 3.59. The molecular formula is C16H26BrN. The van der Waals surface area contributed by atoms with Crippen LogP contribution >= 0.6 is 15.9 Å². The average molecular weight is 312 g/mol. The van der Waals surface area contributed by atoms with Gasteiger partial charge in [0.25, 0.3) is 0 Å². The third kappa shape index (κ3) is 5.11. The zero-order valence-electron chi connectivity index (χ0n) is 12.0. The van der Waals surface area contributed by atoms with E-state index in [9.17, 15) is 0 Å². The maximum absolute atomic E-state index is 3.66. The number of halogens is 1. The minimum atomic E-state index is 0.566. The van der Waals surface area contributed by atoms with E-state index in [2.05, 4.69) is 73.2 Å². The van der Waals surface area contributed by atoms with E-state index in [-0.39, 0.29) is 0 Å². The van der Waals surface area contributed by atoms with Gasteiger partial charge in [0, 0.05) is 10.5 Å². The molecule has 0 aliphatic heterocycles. The average Bonchev–Trinajstić information content (AvgIpc) is 2.35. The lowest BCUT2D eigenvalue weighted by atomic mass is 9.86. The Morgan fingerprint density at radius 1 is 1.17 bits per heavy atom. The lowest BCUT2D eigenvalue weighted by Crippen LogP contribution is -2.33. The minimum Gasteiger partial charge on any atom is -0.314 e. The summed E-state index contributed by atoms with van der Waals surface area (Å²) in [7, 11) is 0. The van der Waals surface area contributed by atoms with Gasteiger partial charge in [-0.3, -0.25) is 0 Å². The Morgan fingerprint density at radius 2 is 1.83 bits per heavy atom. The first-order valence-electron chi connectivity index (χ1n) is 7.01. The molecule has 0 bridgehead atoms. The van der Waals surface area contributed by atoms with Gasteiger partial charge in [-0.2, -0.15) is 0 Å². The molecule has 0 saturated carbocycles. The van der Waals surface area contributed by atoms with Crippen molar-refractivity contribution < 1.29 is 0 Å². The normalized spacial score (nSPS) is 14.8. The Balaban J connectivity index is 2.69. The molecule has 18 heavy (non-hydrogen) atoms. The van der Waals surface area contributed by atoms with Gasteiger partial charge in [0.05, 0.1) is 0 Å². The fourth-order valence-corrected chi connectivity index (χ4v) is 2.59. The molecule has 102 valence electrons. The van der Waals surface area contributed by atoms with Crippen molar-refractivity contribution in [1.29, 1.82) is 0 Å². The highest BCUT2D eigenvalue weighted by Gasteiger charge is 2.17. The fraction of sp³-hybridized carbons (Fsp3) is 0.625. The van der Waals surface area contributed by atoms with Crippen molar-refractivity contribution in [2.24, 2.45) is 11.8 Å². The summed E-state index contributed by atoms with van der Waals surface area (Å²) >= 11 is 3.66. The third-order valence-corrected chi connectivity index (χ3v) is 4.45. The van der Waals surface area contributed by atoms with Crippen molar-refractivity contribution in [2.45, 2.75) is 46.6 Å². The van der Waals surface area contributed by atoms with Crippen LogP contribution in [0.5, 0.6) is 0 Å². The van der Waals surface area contributed by atoms with Gasteiger partial charge in [-0.05, 0) is 36.4 Å². The van der Waals surface area contributed by atoms with Crippen LogP contribution in [-0.2, 0) is 6.42 Å². The molecule has 1 aromatic carbocycles. The third-order valence-electron chi connectivity index (χ3n) is 3.68. The summed E-state index contributed by atoms with van der Waals surface area (Å²) < 4.78 is 1.24. The SMILES string of the molecule is CCC(C)C(CNC(C)C)Cc1ccccc1Br. The molecule has 1 aromatic rings. The molecule has 0 heterocycles. The molecule has 0 aliphatic carbocycles. The van der Waals surface area contributed by atoms with Crippen LogP contribution in [0.4, 0.5) is 0 Å². The van der Waals surface area contributed by atoms with Crippen LogP contribution in [0.3, 0.4) is 0 Å². The molecule has 0 saturated heterocycles. The molecular weight excluding hydrogens is 286 g/mol. The molecule has 0 amide bonds. The van der Waals surface area contributed by atoms with Crippen molar-refractivity contribution >= 4 is 15.9 Å². The van der Waals surface area contributed by atoms with E-state index >= 15 is 0 Å². The molecule has 2 heteroatoms. The fourth-order valence-electron chi connectivity index (χ4n) is 2.14. The predicted octanol–water partition coefficient (Wildman–Crippen LogP) is 4.65. The second-order valence-corrected chi connectivity index (χ2v) is 6.36. The second-order valence-electron chi connectivity index (χ2n) is 5.50. The Hall–Kier alpha value is -0.340. The quantitative estimate of drug-likeness (QED) is 0.772. The van der Waals surface area contributed by atoms with E-state index in [4.69, 9.17) is 0 Å². The summed E-state index contributed by atoms with van der Waals surface area (Å²) in [6.45, 7) is 10.2. The van der Waals surface area contributed by atoms with Crippen LogP contribution in [0, 0.1) is 11.8 Å². The highest BCUT2D eigenvalue weighted by molar-refractivity contribution is 9.10.